The molecule has 5 heteroatoms. The van der Waals surface area contributed by atoms with E-state index in [0.29, 0.717) is 25.9 Å². The van der Waals surface area contributed by atoms with E-state index in [1.165, 1.54) is 11.1 Å². The van der Waals surface area contributed by atoms with Gasteiger partial charge in [-0.25, -0.2) is 0 Å². The summed E-state index contributed by atoms with van der Waals surface area (Å²) in [5, 5.41) is 2.05. The lowest BCUT2D eigenvalue weighted by Crippen LogP contribution is -2.46. The van der Waals surface area contributed by atoms with Crippen molar-refractivity contribution in [3.05, 3.63) is 71.3 Å². The van der Waals surface area contributed by atoms with Crippen LogP contribution in [0.2, 0.25) is 0 Å². The van der Waals surface area contributed by atoms with Crippen molar-refractivity contribution in [2.45, 2.75) is 32.6 Å². The highest BCUT2D eigenvalue weighted by Gasteiger charge is 2.34. The predicted molar refractivity (Wildman–Crippen MR) is 131 cm³/mol. The molecular weight excluding hydrogens is 412 g/mol. The Hall–Kier alpha value is -3.34. The summed E-state index contributed by atoms with van der Waals surface area (Å²) in [6.07, 6.45) is 3.32. The van der Waals surface area contributed by atoms with Gasteiger partial charge < -0.3 is 14.5 Å². The normalized spacial score (nSPS) is 16.5. The molecule has 2 aliphatic heterocycles. The van der Waals surface area contributed by atoms with Gasteiger partial charge in [-0.15, -0.1) is 0 Å². The molecule has 0 atom stereocenters. The predicted octanol–water partition coefficient (Wildman–Crippen LogP) is 4.99. The number of methoxy groups -OCH3 is 1. The number of likely N-dealkylation sites (tertiary alicyclic amines) is 1. The number of nitrogens with zero attached hydrogens (tertiary/aromatic N) is 2. The third-order valence-electron chi connectivity index (χ3n) is 7.20. The Labute approximate surface area is 194 Å². The Morgan fingerprint density at radius 2 is 1.70 bits per heavy atom. The molecule has 0 bridgehead atoms. The van der Waals surface area contributed by atoms with Gasteiger partial charge in [-0.2, -0.15) is 0 Å². The Kier molecular flexibility index (Phi) is 5.79. The molecule has 2 amide bonds. The number of fused-ring (bicyclic) bond motifs is 2. The van der Waals surface area contributed by atoms with E-state index in [1.807, 2.05) is 58.3 Å². The number of anilines is 1. The molecule has 3 aromatic rings. The lowest BCUT2D eigenvalue weighted by Gasteiger charge is -2.37. The number of carbonyl (C=O) groups excluding carboxylic acids is 2. The van der Waals surface area contributed by atoms with E-state index in [2.05, 4.69) is 13.0 Å². The van der Waals surface area contributed by atoms with Crippen molar-refractivity contribution in [2.75, 3.05) is 31.6 Å². The molecule has 2 heterocycles. The summed E-state index contributed by atoms with van der Waals surface area (Å²) >= 11 is 0. The summed E-state index contributed by atoms with van der Waals surface area (Å²) in [4.78, 5) is 30.7. The average Bonchev–Trinajstić information content (AvgIpc) is 2.87. The number of piperidine rings is 1. The summed E-state index contributed by atoms with van der Waals surface area (Å²) in [6.45, 7) is 4.03. The van der Waals surface area contributed by atoms with Crippen molar-refractivity contribution in [3.8, 4) is 5.75 Å². The maximum absolute atomic E-state index is 13.6. The minimum absolute atomic E-state index is 0.0540. The Bertz CT molecular complexity index is 1210. The fourth-order valence-corrected chi connectivity index (χ4v) is 5.37. The van der Waals surface area contributed by atoms with Gasteiger partial charge in [0.1, 0.15) is 5.75 Å². The molecule has 0 aliphatic carbocycles. The molecule has 0 spiro atoms. The minimum atomic E-state index is -0.0715. The van der Waals surface area contributed by atoms with E-state index in [-0.39, 0.29) is 17.7 Å². The largest absolute Gasteiger partial charge is 0.495 e. The molecule has 0 unspecified atom stereocenters. The van der Waals surface area contributed by atoms with Crippen molar-refractivity contribution in [1.29, 1.82) is 0 Å². The van der Waals surface area contributed by atoms with Gasteiger partial charge in [-0.3, -0.25) is 9.59 Å². The SMILES string of the molecule is COc1ccc(C)c2c1N(C(=O)C1CCN(C(=O)c3cccc4ccccc34)CC1)CCC2. The van der Waals surface area contributed by atoms with Crippen molar-refractivity contribution < 1.29 is 14.3 Å². The standard InChI is InChI=1S/C28H30N2O3/c1-19-12-13-25(33-2)26-22(19)11-6-16-30(26)27(31)21-14-17-29(18-15-21)28(32)24-10-5-8-20-7-3-4-9-23(20)24/h3-5,7-10,12-13,21H,6,11,14-18H2,1-2H3. The highest BCUT2D eigenvalue weighted by Crippen LogP contribution is 2.39. The maximum Gasteiger partial charge on any atom is 0.254 e. The number of hydrogen-bond donors (Lipinski definition) is 0. The van der Waals surface area contributed by atoms with Crippen LogP contribution in [-0.4, -0.2) is 43.5 Å². The van der Waals surface area contributed by atoms with Crippen LogP contribution in [0.15, 0.2) is 54.6 Å². The number of carbonyl (C=O) groups is 2. The first-order valence-electron chi connectivity index (χ1n) is 11.8. The fourth-order valence-electron chi connectivity index (χ4n) is 5.37. The molecule has 5 nitrogen and oxygen atoms in total. The second-order valence-electron chi connectivity index (χ2n) is 9.10. The molecule has 0 radical (unpaired) electrons. The van der Waals surface area contributed by atoms with Gasteiger partial charge in [-0.05, 0) is 66.6 Å². The highest BCUT2D eigenvalue weighted by atomic mass is 16.5. The number of ether oxygens (including phenoxy) is 1. The van der Waals surface area contributed by atoms with E-state index in [4.69, 9.17) is 4.74 Å². The van der Waals surface area contributed by atoms with Crippen molar-refractivity contribution in [3.63, 3.8) is 0 Å². The van der Waals surface area contributed by atoms with Crippen molar-refractivity contribution >= 4 is 28.3 Å². The number of aryl methyl sites for hydroxylation is 1. The molecule has 5 rings (SSSR count). The number of amides is 2. The van der Waals surface area contributed by atoms with E-state index in [9.17, 15) is 9.59 Å². The highest BCUT2D eigenvalue weighted by molar-refractivity contribution is 6.07. The molecule has 3 aromatic carbocycles. The number of hydrogen-bond acceptors (Lipinski definition) is 3. The molecule has 1 saturated heterocycles. The quantitative estimate of drug-likeness (QED) is 0.574. The van der Waals surface area contributed by atoms with Gasteiger partial charge in [0.25, 0.3) is 5.91 Å². The maximum atomic E-state index is 13.6. The average molecular weight is 443 g/mol. The van der Waals surface area contributed by atoms with Gasteiger partial charge in [0, 0.05) is 31.1 Å². The molecule has 170 valence electrons. The Morgan fingerprint density at radius 1 is 0.939 bits per heavy atom. The number of rotatable bonds is 3. The lowest BCUT2D eigenvalue weighted by atomic mass is 9.91. The molecule has 33 heavy (non-hydrogen) atoms. The summed E-state index contributed by atoms with van der Waals surface area (Å²) in [6, 6.07) is 17.9. The summed E-state index contributed by atoms with van der Waals surface area (Å²) in [5.41, 5.74) is 4.11. The summed E-state index contributed by atoms with van der Waals surface area (Å²) < 4.78 is 5.62. The number of benzene rings is 3. The molecule has 2 aliphatic rings. The third kappa shape index (κ3) is 3.86. The minimum Gasteiger partial charge on any atom is -0.495 e. The van der Waals surface area contributed by atoms with Gasteiger partial charge in [0.05, 0.1) is 12.8 Å². The van der Waals surface area contributed by atoms with Crippen molar-refractivity contribution in [2.24, 2.45) is 5.92 Å². The first-order chi connectivity index (χ1) is 16.1. The van der Waals surface area contributed by atoms with Crippen LogP contribution < -0.4 is 9.64 Å². The van der Waals surface area contributed by atoms with Crippen LogP contribution in [0.5, 0.6) is 5.75 Å². The Balaban J connectivity index is 1.32. The zero-order valence-corrected chi connectivity index (χ0v) is 19.3. The van der Waals surface area contributed by atoms with Crippen LogP contribution in [0, 0.1) is 12.8 Å². The van der Waals surface area contributed by atoms with Crippen molar-refractivity contribution in [1.82, 2.24) is 4.90 Å². The molecule has 0 N–H and O–H groups in total. The summed E-state index contributed by atoms with van der Waals surface area (Å²) in [5.74, 6) is 0.917. The molecular formula is C28H30N2O3. The molecule has 1 fully saturated rings. The van der Waals surface area contributed by atoms with Gasteiger partial charge in [0.15, 0.2) is 0 Å². The fraction of sp³-hybridized carbons (Fsp3) is 0.357. The summed E-state index contributed by atoms with van der Waals surface area (Å²) in [7, 11) is 1.67. The van der Waals surface area contributed by atoms with E-state index >= 15 is 0 Å². The Morgan fingerprint density at radius 3 is 2.48 bits per heavy atom. The second kappa shape index (κ2) is 8.89. The van der Waals surface area contributed by atoms with Crippen LogP contribution in [0.3, 0.4) is 0 Å². The zero-order chi connectivity index (χ0) is 22.9. The van der Waals surface area contributed by atoms with Gasteiger partial charge in [0.2, 0.25) is 5.91 Å². The van der Waals surface area contributed by atoms with E-state index in [0.717, 1.165) is 47.2 Å². The first kappa shape index (κ1) is 21.5. The lowest BCUT2D eigenvalue weighted by molar-refractivity contribution is -0.123. The van der Waals surface area contributed by atoms with Crippen LogP contribution in [0.4, 0.5) is 5.69 Å². The van der Waals surface area contributed by atoms with Crippen LogP contribution in [0.25, 0.3) is 10.8 Å². The first-order valence-corrected chi connectivity index (χ1v) is 11.8. The van der Waals surface area contributed by atoms with E-state index in [1.54, 1.807) is 7.11 Å². The molecule has 0 aromatic heterocycles. The van der Waals surface area contributed by atoms with Gasteiger partial charge in [-0.1, -0.05) is 42.5 Å². The zero-order valence-electron chi connectivity index (χ0n) is 19.3. The van der Waals surface area contributed by atoms with Crippen LogP contribution >= 0.6 is 0 Å². The van der Waals surface area contributed by atoms with Crippen LogP contribution in [-0.2, 0) is 11.2 Å². The monoisotopic (exact) mass is 442 g/mol. The van der Waals surface area contributed by atoms with E-state index < -0.39 is 0 Å². The molecule has 0 saturated carbocycles. The smallest absolute Gasteiger partial charge is 0.254 e. The van der Waals surface area contributed by atoms with Gasteiger partial charge >= 0.3 is 0 Å². The van der Waals surface area contributed by atoms with Crippen LogP contribution in [0.1, 0.15) is 40.7 Å². The third-order valence-corrected chi connectivity index (χ3v) is 7.20. The topological polar surface area (TPSA) is 49.9 Å². The second-order valence-corrected chi connectivity index (χ2v) is 9.10.